The molecule has 0 spiro atoms. The summed E-state index contributed by atoms with van der Waals surface area (Å²) >= 11 is 0. The predicted molar refractivity (Wildman–Crippen MR) is 131 cm³/mol. The molecule has 2 N–H and O–H groups in total. The number of anilines is 1. The number of ketones is 1. The standard InChI is InChI=1S/C27H36N2O4/c1-19(2)16-21-4-6-22(7-5-21)27(32)23-12-14-29(15-13-23)17-25(31)18-33-26-10-8-24(9-11-26)28-20(3)30/h4-11,19,23,25,31H,12-18H2,1-3H3,(H,28,30). The van der Waals surface area contributed by atoms with Gasteiger partial charge in [-0.15, -0.1) is 0 Å². The largest absolute Gasteiger partial charge is 0.491 e. The highest BCUT2D eigenvalue weighted by molar-refractivity contribution is 5.98. The third-order valence-electron chi connectivity index (χ3n) is 5.93. The lowest BCUT2D eigenvalue weighted by molar-refractivity contribution is -0.114. The van der Waals surface area contributed by atoms with E-state index in [0.29, 0.717) is 23.9 Å². The zero-order valence-electron chi connectivity index (χ0n) is 19.9. The maximum atomic E-state index is 12.9. The van der Waals surface area contributed by atoms with Gasteiger partial charge in [-0.25, -0.2) is 0 Å². The molecule has 2 aromatic carbocycles. The van der Waals surface area contributed by atoms with Gasteiger partial charge in [0, 0.05) is 30.6 Å². The molecular weight excluding hydrogens is 416 g/mol. The molecule has 0 aliphatic carbocycles. The number of rotatable bonds is 10. The SMILES string of the molecule is CC(=O)Nc1ccc(OCC(O)CN2CCC(C(=O)c3ccc(CC(C)C)cc3)CC2)cc1. The van der Waals surface area contributed by atoms with Gasteiger partial charge in [0.25, 0.3) is 0 Å². The predicted octanol–water partition coefficient (Wildman–Crippen LogP) is 4.18. The summed E-state index contributed by atoms with van der Waals surface area (Å²) in [7, 11) is 0. The minimum atomic E-state index is -0.610. The first kappa shape index (κ1) is 24.9. The molecule has 178 valence electrons. The Balaban J connectivity index is 1.39. The fourth-order valence-corrected chi connectivity index (χ4v) is 4.27. The quantitative estimate of drug-likeness (QED) is 0.529. The molecule has 0 radical (unpaired) electrons. The van der Waals surface area contributed by atoms with Gasteiger partial charge in [0.15, 0.2) is 5.78 Å². The molecule has 6 heteroatoms. The molecule has 1 saturated heterocycles. The Morgan fingerprint density at radius 2 is 1.70 bits per heavy atom. The molecule has 1 heterocycles. The molecule has 2 aromatic rings. The summed E-state index contributed by atoms with van der Waals surface area (Å²) in [5.74, 6) is 1.41. The number of hydrogen-bond acceptors (Lipinski definition) is 5. The molecule has 33 heavy (non-hydrogen) atoms. The van der Waals surface area contributed by atoms with Gasteiger partial charge in [-0.05, 0) is 68.1 Å². The molecule has 1 amide bonds. The van der Waals surface area contributed by atoms with E-state index in [-0.39, 0.29) is 24.2 Å². The number of likely N-dealkylation sites (tertiary alicyclic amines) is 1. The second kappa shape index (κ2) is 12.0. The lowest BCUT2D eigenvalue weighted by atomic mass is 9.88. The molecule has 1 aliphatic heterocycles. The van der Waals surface area contributed by atoms with Crippen molar-refractivity contribution in [1.82, 2.24) is 4.90 Å². The van der Waals surface area contributed by atoms with E-state index in [2.05, 4.69) is 36.2 Å². The zero-order chi connectivity index (χ0) is 23.8. The Labute approximate surface area is 196 Å². The molecule has 0 bridgehead atoms. The molecule has 0 aromatic heterocycles. The number of nitrogens with one attached hydrogen (secondary N) is 1. The summed E-state index contributed by atoms with van der Waals surface area (Å²) < 4.78 is 5.68. The van der Waals surface area contributed by atoms with Gasteiger partial charge >= 0.3 is 0 Å². The van der Waals surface area contributed by atoms with Gasteiger partial charge in [-0.3, -0.25) is 9.59 Å². The Bertz CT molecular complexity index is 901. The molecule has 1 atom stereocenters. The third-order valence-corrected chi connectivity index (χ3v) is 5.93. The second-order valence-corrected chi connectivity index (χ2v) is 9.40. The van der Waals surface area contributed by atoms with Crippen LogP contribution in [-0.4, -0.2) is 54.0 Å². The normalized spacial score (nSPS) is 15.9. The Kier molecular flexibility index (Phi) is 9.03. The summed E-state index contributed by atoms with van der Waals surface area (Å²) in [6.07, 6.45) is 2.04. The summed E-state index contributed by atoms with van der Waals surface area (Å²) in [5, 5.41) is 13.1. The molecule has 1 unspecified atom stereocenters. The van der Waals surface area contributed by atoms with Crippen molar-refractivity contribution in [2.45, 2.75) is 46.1 Å². The van der Waals surface area contributed by atoms with Crippen LogP contribution in [0.4, 0.5) is 5.69 Å². The smallest absolute Gasteiger partial charge is 0.221 e. The van der Waals surface area contributed by atoms with Crippen LogP contribution in [0.25, 0.3) is 0 Å². The van der Waals surface area contributed by atoms with Crippen LogP contribution in [-0.2, 0) is 11.2 Å². The summed E-state index contributed by atoms with van der Waals surface area (Å²) in [6, 6.07) is 15.2. The average Bonchev–Trinajstić information content (AvgIpc) is 2.78. The summed E-state index contributed by atoms with van der Waals surface area (Å²) in [5.41, 5.74) is 2.79. The van der Waals surface area contributed by atoms with Crippen LogP contribution in [0.1, 0.15) is 49.5 Å². The third kappa shape index (κ3) is 7.98. The number of aliphatic hydroxyl groups is 1. The Morgan fingerprint density at radius 3 is 2.27 bits per heavy atom. The van der Waals surface area contributed by atoms with Crippen molar-refractivity contribution in [3.05, 3.63) is 59.7 Å². The summed E-state index contributed by atoms with van der Waals surface area (Å²) in [4.78, 5) is 26.2. The highest BCUT2D eigenvalue weighted by atomic mass is 16.5. The van der Waals surface area contributed by atoms with Gasteiger partial charge in [-0.1, -0.05) is 38.1 Å². The number of benzene rings is 2. The molecule has 1 aliphatic rings. The number of amides is 1. The van der Waals surface area contributed by atoms with Crippen LogP contribution >= 0.6 is 0 Å². The number of carbonyl (C=O) groups is 2. The number of carbonyl (C=O) groups excluding carboxylic acids is 2. The van der Waals surface area contributed by atoms with E-state index < -0.39 is 6.10 Å². The zero-order valence-corrected chi connectivity index (χ0v) is 19.9. The second-order valence-electron chi connectivity index (χ2n) is 9.40. The van der Waals surface area contributed by atoms with Crippen LogP contribution in [0.3, 0.4) is 0 Å². The maximum absolute atomic E-state index is 12.9. The highest BCUT2D eigenvalue weighted by Gasteiger charge is 2.26. The van der Waals surface area contributed by atoms with E-state index in [4.69, 9.17) is 4.74 Å². The Hall–Kier alpha value is -2.70. The van der Waals surface area contributed by atoms with E-state index in [9.17, 15) is 14.7 Å². The maximum Gasteiger partial charge on any atom is 0.221 e. The van der Waals surface area contributed by atoms with Crippen LogP contribution in [0.5, 0.6) is 5.75 Å². The van der Waals surface area contributed by atoms with Gasteiger partial charge in [0.2, 0.25) is 5.91 Å². The van der Waals surface area contributed by atoms with Gasteiger partial charge in [-0.2, -0.15) is 0 Å². The van der Waals surface area contributed by atoms with Crippen molar-refractivity contribution in [3.63, 3.8) is 0 Å². The van der Waals surface area contributed by atoms with Crippen LogP contribution < -0.4 is 10.1 Å². The average molecular weight is 453 g/mol. The molecule has 6 nitrogen and oxygen atoms in total. The number of nitrogens with zero attached hydrogens (tertiary/aromatic N) is 1. The fraction of sp³-hybridized carbons (Fsp3) is 0.481. The van der Waals surface area contributed by atoms with Crippen molar-refractivity contribution in [3.8, 4) is 5.75 Å². The van der Waals surface area contributed by atoms with Crippen molar-refractivity contribution >= 4 is 17.4 Å². The molecule has 1 fully saturated rings. The van der Waals surface area contributed by atoms with Crippen LogP contribution in [0.15, 0.2) is 48.5 Å². The van der Waals surface area contributed by atoms with E-state index >= 15 is 0 Å². The molecular formula is C27H36N2O4. The fourth-order valence-electron chi connectivity index (χ4n) is 4.27. The number of aliphatic hydroxyl groups excluding tert-OH is 1. The number of β-amino-alcohol motifs (C(OH)–C–C–N with tert-alkyl or cyclic N) is 1. The Morgan fingerprint density at radius 1 is 1.06 bits per heavy atom. The first-order valence-electron chi connectivity index (χ1n) is 11.8. The highest BCUT2D eigenvalue weighted by Crippen LogP contribution is 2.23. The van der Waals surface area contributed by atoms with Gasteiger partial charge in [0.05, 0.1) is 0 Å². The van der Waals surface area contributed by atoms with E-state index in [1.807, 2.05) is 12.1 Å². The lowest BCUT2D eigenvalue weighted by Gasteiger charge is -2.32. The number of Topliss-reactive ketones (excluding diaryl/α,β-unsaturated/α-hetero) is 1. The minimum absolute atomic E-state index is 0.0488. The van der Waals surface area contributed by atoms with Crippen molar-refractivity contribution in [2.24, 2.45) is 11.8 Å². The van der Waals surface area contributed by atoms with E-state index in [0.717, 1.165) is 37.9 Å². The van der Waals surface area contributed by atoms with Crippen molar-refractivity contribution < 1.29 is 19.4 Å². The summed E-state index contributed by atoms with van der Waals surface area (Å²) in [6.45, 7) is 8.17. The van der Waals surface area contributed by atoms with E-state index in [1.54, 1.807) is 24.3 Å². The number of piperidine rings is 1. The first-order chi connectivity index (χ1) is 15.8. The van der Waals surface area contributed by atoms with Gasteiger partial charge < -0.3 is 20.1 Å². The van der Waals surface area contributed by atoms with Crippen molar-refractivity contribution in [2.75, 3.05) is 31.6 Å². The lowest BCUT2D eigenvalue weighted by Crippen LogP contribution is -2.42. The minimum Gasteiger partial charge on any atom is -0.491 e. The van der Waals surface area contributed by atoms with Crippen molar-refractivity contribution in [1.29, 1.82) is 0 Å². The molecule has 3 rings (SSSR count). The number of hydrogen-bond donors (Lipinski definition) is 2. The molecule has 0 saturated carbocycles. The topological polar surface area (TPSA) is 78.9 Å². The first-order valence-corrected chi connectivity index (χ1v) is 11.8. The number of ether oxygens (including phenoxy) is 1. The monoisotopic (exact) mass is 452 g/mol. The van der Waals surface area contributed by atoms with E-state index in [1.165, 1.54) is 12.5 Å². The van der Waals surface area contributed by atoms with Crippen LogP contribution in [0.2, 0.25) is 0 Å². The van der Waals surface area contributed by atoms with Gasteiger partial charge in [0.1, 0.15) is 18.5 Å². The van der Waals surface area contributed by atoms with Crippen LogP contribution in [0, 0.1) is 11.8 Å².